The Morgan fingerprint density at radius 2 is 1.94 bits per heavy atom. The summed E-state index contributed by atoms with van der Waals surface area (Å²) in [5.74, 6) is -0.636. The van der Waals surface area contributed by atoms with Crippen LogP contribution in [0.3, 0.4) is 0 Å². The summed E-state index contributed by atoms with van der Waals surface area (Å²) in [5.41, 5.74) is 0.217. The van der Waals surface area contributed by atoms with Crippen molar-refractivity contribution in [3.05, 3.63) is 29.8 Å². The highest BCUT2D eigenvalue weighted by Crippen LogP contribution is 2.11. The lowest BCUT2D eigenvalue weighted by Gasteiger charge is -2.04. The molecular formula is C11H13NO4S. The van der Waals surface area contributed by atoms with Gasteiger partial charge in [0.2, 0.25) is 0 Å². The first kappa shape index (κ1) is 13.4. The van der Waals surface area contributed by atoms with Crippen molar-refractivity contribution in [2.75, 3.05) is 12.8 Å². The SMILES string of the molecule is CC(=O)CNC(=O)c1cccc(S(C)(=O)=O)c1. The minimum absolute atomic E-state index is 0.0675. The average molecular weight is 255 g/mol. The molecule has 0 saturated heterocycles. The Morgan fingerprint density at radius 1 is 1.29 bits per heavy atom. The maximum absolute atomic E-state index is 11.6. The van der Waals surface area contributed by atoms with Gasteiger partial charge in [0.15, 0.2) is 9.84 Å². The fraction of sp³-hybridized carbons (Fsp3) is 0.273. The zero-order valence-electron chi connectivity index (χ0n) is 9.56. The topological polar surface area (TPSA) is 80.3 Å². The van der Waals surface area contributed by atoms with E-state index in [2.05, 4.69) is 5.32 Å². The van der Waals surface area contributed by atoms with Crippen LogP contribution in [0, 0.1) is 0 Å². The zero-order valence-corrected chi connectivity index (χ0v) is 10.4. The number of hydrogen-bond acceptors (Lipinski definition) is 4. The van der Waals surface area contributed by atoms with Crippen LogP contribution in [0.4, 0.5) is 0 Å². The minimum atomic E-state index is -3.34. The first-order chi connectivity index (χ1) is 7.80. The second-order valence-electron chi connectivity index (χ2n) is 3.68. The van der Waals surface area contributed by atoms with Gasteiger partial charge in [-0.2, -0.15) is 0 Å². The van der Waals surface area contributed by atoms with Gasteiger partial charge in [-0.05, 0) is 25.1 Å². The van der Waals surface area contributed by atoms with Crippen molar-refractivity contribution >= 4 is 21.5 Å². The van der Waals surface area contributed by atoms with Gasteiger partial charge >= 0.3 is 0 Å². The molecule has 1 rings (SSSR count). The quantitative estimate of drug-likeness (QED) is 0.845. The lowest BCUT2D eigenvalue weighted by Crippen LogP contribution is -2.28. The molecule has 17 heavy (non-hydrogen) atoms. The van der Waals surface area contributed by atoms with Crippen molar-refractivity contribution < 1.29 is 18.0 Å². The monoisotopic (exact) mass is 255 g/mol. The number of amides is 1. The highest BCUT2D eigenvalue weighted by atomic mass is 32.2. The fourth-order valence-electron chi connectivity index (χ4n) is 1.17. The van der Waals surface area contributed by atoms with Crippen molar-refractivity contribution in [1.82, 2.24) is 5.32 Å². The Balaban J connectivity index is 2.93. The zero-order chi connectivity index (χ0) is 13.1. The summed E-state index contributed by atoms with van der Waals surface area (Å²) in [7, 11) is -3.34. The van der Waals surface area contributed by atoms with Crippen LogP contribution in [0.5, 0.6) is 0 Å². The second kappa shape index (κ2) is 5.09. The molecule has 0 saturated carbocycles. The van der Waals surface area contributed by atoms with Crippen LogP contribution < -0.4 is 5.32 Å². The summed E-state index contributed by atoms with van der Waals surface area (Å²) in [6.45, 7) is 1.29. The average Bonchev–Trinajstić information content (AvgIpc) is 2.25. The highest BCUT2D eigenvalue weighted by molar-refractivity contribution is 7.90. The van der Waals surface area contributed by atoms with E-state index in [1.165, 1.54) is 31.2 Å². The molecule has 92 valence electrons. The Labute approximate surface area is 99.8 Å². The summed E-state index contributed by atoms with van der Waals surface area (Å²) in [4.78, 5) is 22.3. The van der Waals surface area contributed by atoms with E-state index >= 15 is 0 Å². The van der Waals surface area contributed by atoms with Gasteiger partial charge in [0.05, 0.1) is 11.4 Å². The van der Waals surface area contributed by atoms with Crippen LogP contribution in [0.1, 0.15) is 17.3 Å². The molecule has 0 heterocycles. The molecule has 0 bridgehead atoms. The van der Waals surface area contributed by atoms with Gasteiger partial charge in [0, 0.05) is 11.8 Å². The minimum Gasteiger partial charge on any atom is -0.345 e. The van der Waals surface area contributed by atoms with Gasteiger partial charge in [-0.15, -0.1) is 0 Å². The van der Waals surface area contributed by atoms with E-state index in [0.717, 1.165) is 6.26 Å². The van der Waals surface area contributed by atoms with Crippen LogP contribution in [0.25, 0.3) is 0 Å². The number of Topliss-reactive ketones (excluding diaryl/α,β-unsaturated/α-hetero) is 1. The van der Waals surface area contributed by atoms with Crippen LogP contribution in [-0.2, 0) is 14.6 Å². The Morgan fingerprint density at radius 3 is 2.47 bits per heavy atom. The molecule has 1 aromatic rings. The van der Waals surface area contributed by atoms with Gasteiger partial charge in [0.25, 0.3) is 5.91 Å². The summed E-state index contributed by atoms with van der Waals surface area (Å²) in [6, 6.07) is 5.67. The van der Waals surface area contributed by atoms with Gasteiger partial charge in [-0.3, -0.25) is 9.59 Å². The normalized spacial score (nSPS) is 10.9. The summed E-state index contributed by atoms with van der Waals surface area (Å²) >= 11 is 0. The number of sulfone groups is 1. The van der Waals surface area contributed by atoms with E-state index in [-0.39, 0.29) is 22.8 Å². The van der Waals surface area contributed by atoms with E-state index < -0.39 is 15.7 Å². The lowest BCUT2D eigenvalue weighted by molar-refractivity contribution is -0.116. The van der Waals surface area contributed by atoms with Crippen molar-refractivity contribution in [1.29, 1.82) is 0 Å². The predicted octanol–water partition coefficient (Wildman–Crippen LogP) is 0.409. The van der Waals surface area contributed by atoms with Crippen molar-refractivity contribution in [3.8, 4) is 0 Å². The fourth-order valence-corrected chi connectivity index (χ4v) is 1.84. The Bertz CT molecular complexity index is 548. The third-order valence-electron chi connectivity index (χ3n) is 2.02. The van der Waals surface area contributed by atoms with Crippen LogP contribution in [0.2, 0.25) is 0 Å². The van der Waals surface area contributed by atoms with E-state index in [1.807, 2.05) is 0 Å². The molecule has 1 amide bonds. The number of rotatable bonds is 4. The number of ketones is 1. The molecule has 1 N–H and O–H groups in total. The van der Waals surface area contributed by atoms with Gasteiger partial charge < -0.3 is 5.32 Å². The lowest BCUT2D eigenvalue weighted by atomic mass is 10.2. The maximum atomic E-state index is 11.6. The third-order valence-corrected chi connectivity index (χ3v) is 3.13. The van der Waals surface area contributed by atoms with E-state index in [4.69, 9.17) is 0 Å². The molecule has 0 radical (unpaired) electrons. The molecule has 0 aromatic heterocycles. The molecule has 0 spiro atoms. The first-order valence-corrected chi connectivity index (χ1v) is 6.77. The molecule has 0 aliphatic carbocycles. The van der Waals surface area contributed by atoms with E-state index in [0.29, 0.717) is 0 Å². The van der Waals surface area contributed by atoms with Crippen molar-refractivity contribution in [2.24, 2.45) is 0 Å². The van der Waals surface area contributed by atoms with Gasteiger partial charge in [0.1, 0.15) is 5.78 Å². The smallest absolute Gasteiger partial charge is 0.251 e. The second-order valence-corrected chi connectivity index (χ2v) is 5.70. The van der Waals surface area contributed by atoms with E-state index in [1.54, 1.807) is 0 Å². The third kappa shape index (κ3) is 3.99. The van der Waals surface area contributed by atoms with Gasteiger partial charge in [-0.25, -0.2) is 8.42 Å². The highest BCUT2D eigenvalue weighted by Gasteiger charge is 2.11. The number of benzene rings is 1. The molecule has 6 heteroatoms. The standard InChI is InChI=1S/C11H13NO4S/c1-8(13)7-12-11(14)9-4-3-5-10(6-9)17(2,15)16/h3-6H,7H2,1-2H3,(H,12,14). The van der Waals surface area contributed by atoms with Crippen molar-refractivity contribution in [2.45, 2.75) is 11.8 Å². The Hall–Kier alpha value is -1.69. The van der Waals surface area contributed by atoms with Crippen LogP contribution in [0.15, 0.2) is 29.2 Å². The molecule has 0 unspecified atom stereocenters. The molecule has 1 aromatic carbocycles. The van der Waals surface area contributed by atoms with E-state index in [9.17, 15) is 18.0 Å². The summed E-state index contributed by atoms with van der Waals surface area (Å²) in [6.07, 6.45) is 1.07. The van der Waals surface area contributed by atoms with Crippen LogP contribution in [-0.4, -0.2) is 32.9 Å². The molecule has 0 aliphatic heterocycles. The van der Waals surface area contributed by atoms with Crippen molar-refractivity contribution in [3.63, 3.8) is 0 Å². The van der Waals surface area contributed by atoms with Gasteiger partial charge in [-0.1, -0.05) is 6.07 Å². The molecule has 0 fully saturated rings. The number of carbonyl (C=O) groups is 2. The maximum Gasteiger partial charge on any atom is 0.251 e. The molecule has 0 aliphatic rings. The largest absolute Gasteiger partial charge is 0.345 e. The Kier molecular flexibility index (Phi) is 4.01. The summed E-state index contributed by atoms with van der Waals surface area (Å²) in [5, 5.41) is 2.39. The molecule has 5 nitrogen and oxygen atoms in total. The molecular weight excluding hydrogens is 242 g/mol. The number of carbonyl (C=O) groups excluding carboxylic acids is 2. The first-order valence-electron chi connectivity index (χ1n) is 4.88. The summed E-state index contributed by atoms with van der Waals surface area (Å²) < 4.78 is 22.6. The predicted molar refractivity (Wildman–Crippen MR) is 62.6 cm³/mol. The van der Waals surface area contributed by atoms with Crippen LogP contribution >= 0.6 is 0 Å². The molecule has 0 atom stereocenters. The number of nitrogens with one attached hydrogen (secondary N) is 1. The number of hydrogen-bond donors (Lipinski definition) is 1.